The van der Waals surface area contributed by atoms with E-state index >= 15 is 0 Å². The van der Waals surface area contributed by atoms with Gasteiger partial charge in [-0.05, 0) is 57.1 Å². The van der Waals surface area contributed by atoms with E-state index < -0.39 is 17.8 Å². The van der Waals surface area contributed by atoms with Gasteiger partial charge in [-0.2, -0.15) is 0 Å². The largest absolute Gasteiger partial charge is 0.508 e. The zero-order valence-electron chi connectivity index (χ0n) is 13.9. The fraction of sp³-hybridized carbons (Fsp3) is 0.500. The Balaban J connectivity index is 2.47. The Morgan fingerprint density at radius 1 is 1.12 bits per heavy atom. The minimum Gasteiger partial charge on any atom is -0.508 e. The molecule has 1 aromatic rings. The number of allylic oxidation sites excluding steroid dienone is 1. The first-order valence-electron chi connectivity index (χ1n) is 8.13. The van der Waals surface area contributed by atoms with Gasteiger partial charge < -0.3 is 25.5 Å². The number of hydrogen-bond acceptors (Lipinski definition) is 5. The monoisotopic (exact) mass is 338 g/mol. The van der Waals surface area contributed by atoms with Crippen LogP contribution >= 0.6 is 0 Å². The van der Waals surface area contributed by atoms with Gasteiger partial charge in [0.2, 0.25) is 0 Å². The Morgan fingerprint density at radius 2 is 1.79 bits per heavy atom. The maximum absolute atomic E-state index is 11.2. The summed E-state index contributed by atoms with van der Waals surface area (Å²) in [5.41, 5.74) is -0.0142. The van der Waals surface area contributed by atoms with E-state index in [1.54, 1.807) is 19.1 Å². The molecule has 0 saturated heterocycles. The number of aromatic carboxylic acids is 1. The van der Waals surface area contributed by atoms with Gasteiger partial charge in [-0.3, -0.25) is 0 Å². The van der Waals surface area contributed by atoms with Crippen molar-refractivity contribution in [2.75, 3.05) is 0 Å². The van der Waals surface area contributed by atoms with Crippen LogP contribution in [-0.2, 0) is 0 Å². The summed E-state index contributed by atoms with van der Waals surface area (Å²) in [5.74, 6) is -1.94. The number of phenolic OH excluding ortho intramolecular Hbond substituents is 1. The smallest absolute Gasteiger partial charge is 0.340 e. The summed E-state index contributed by atoms with van der Waals surface area (Å²) in [5, 5.41) is 47.2. The van der Waals surface area contributed by atoms with E-state index in [-0.39, 0.29) is 23.0 Å². The third-order valence-electron chi connectivity index (χ3n) is 3.71. The average molecular weight is 338 g/mol. The standard InChI is InChI=1S/C18H26O6/c1-12(19)6-5-9-14(20)8-4-2-3-7-13-10-15(21)11-16(22)17(13)18(23)24/h3,7,10-12,14,19-22H,2,4-6,8-9H2,1H3,(H,23,24)/b7-3+/t12-,14-/m0/s1. The molecule has 134 valence electrons. The number of phenols is 2. The van der Waals surface area contributed by atoms with E-state index in [4.69, 9.17) is 10.2 Å². The molecule has 0 bridgehead atoms. The zero-order chi connectivity index (χ0) is 18.1. The second-order valence-corrected chi connectivity index (χ2v) is 6.00. The topological polar surface area (TPSA) is 118 Å². The minimum atomic E-state index is -1.26. The lowest BCUT2D eigenvalue weighted by Crippen LogP contribution is -2.08. The van der Waals surface area contributed by atoms with Crippen LogP contribution in [0, 0.1) is 0 Å². The SMILES string of the molecule is C[C@H](O)CCC[C@@H](O)CCC/C=C/c1cc(O)cc(O)c1C(=O)O. The summed E-state index contributed by atoms with van der Waals surface area (Å²) in [7, 11) is 0. The first kappa shape index (κ1) is 20.0. The van der Waals surface area contributed by atoms with Crippen LogP contribution in [0.15, 0.2) is 18.2 Å². The highest BCUT2D eigenvalue weighted by Crippen LogP contribution is 2.28. The molecule has 2 atom stereocenters. The van der Waals surface area contributed by atoms with Crippen LogP contribution in [0.1, 0.15) is 61.4 Å². The third kappa shape index (κ3) is 7.02. The fourth-order valence-electron chi connectivity index (χ4n) is 2.47. The lowest BCUT2D eigenvalue weighted by Gasteiger charge is -2.10. The highest BCUT2D eigenvalue weighted by atomic mass is 16.4. The molecular weight excluding hydrogens is 312 g/mol. The molecule has 0 aliphatic rings. The van der Waals surface area contributed by atoms with E-state index in [2.05, 4.69) is 0 Å². The molecule has 0 amide bonds. The highest BCUT2D eigenvalue weighted by molar-refractivity contribution is 5.95. The van der Waals surface area contributed by atoms with Gasteiger partial charge in [-0.1, -0.05) is 12.2 Å². The van der Waals surface area contributed by atoms with Gasteiger partial charge in [0.1, 0.15) is 17.1 Å². The van der Waals surface area contributed by atoms with Gasteiger partial charge in [0, 0.05) is 6.07 Å². The molecule has 0 aliphatic heterocycles. The molecule has 0 spiro atoms. The van der Waals surface area contributed by atoms with Crippen LogP contribution < -0.4 is 0 Å². The average Bonchev–Trinajstić information content (AvgIpc) is 2.45. The Morgan fingerprint density at radius 3 is 2.42 bits per heavy atom. The molecule has 0 fully saturated rings. The summed E-state index contributed by atoms with van der Waals surface area (Å²) in [6, 6.07) is 2.27. The Labute approximate surface area is 141 Å². The molecule has 5 N–H and O–H groups in total. The fourth-order valence-corrected chi connectivity index (χ4v) is 2.47. The van der Waals surface area contributed by atoms with Gasteiger partial charge in [0.15, 0.2) is 0 Å². The molecule has 0 aliphatic carbocycles. The maximum atomic E-state index is 11.2. The van der Waals surface area contributed by atoms with Crippen LogP contribution in [0.25, 0.3) is 6.08 Å². The van der Waals surface area contributed by atoms with Crippen molar-refractivity contribution in [3.63, 3.8) is 0 Å². The van der Waals surface area contributed by atoms with Crippen molar-refractivity contribution >= 4 is 12.0 Å². The van der Waals surface area contributed by atoms with Gasteiger partial charge in [0.05, 0.1) is 12.2 Å². The van der Waals surface area contributed by atoms with Crippen molar-refractivity contribution in [3.05, 3.63) is 29.3 Å². The molecule has 6 nitrogen and oxygen atoms in total. The Hall–Kier alpha value is -2.05. The minimum absolute atomic E-state index is 0.203. The van der Waals surface area contributed by atoms with Crippen LogP contribution in [-0.4, -0.2) is 43.7 Å². The summed E-state index contributed by atoms with van der Waals surface area (Å²) in [6.45, 7) is 1.72. The van der Waals surface area contributed by atoms with Gasteiger partial charge in [-0.25, -0.2) is 4.79 Å². The molecule has 24 heavy (non-hydrogen) atoms. The quantitative estimate of drug-likeness (QED) is 0.419. The maximum Gasteiger partial charge on any atom is 0.340 e. The van der Waals surface area contributed by atoms with Gasteiger partial charge >= 0.3 is 5.97 Å². The molecular formula is C18H26O6. The lowest BCUT2D eigenvalue weighted by molar-refractivity contribution is 0.0693. The summed E-state index contributed by atoms with van der Waals surface area (Å²) in [6.07, 6.45) is 6.65. The normalized spacial score (nSPS) is 14.0. The van der Waals surface area contributed by atoms with E-state index in [0.29, 0.717) is 25.7 Å². The van der Waals surface area contributed by atoms with Crippen molar-refractivity contribution in [2.45, 2.75) is 57.7 Å². The molecule has 0 saturated carbocycles. The van der Waals surface area contributed by atoms with Crippen molar-refractivity contribution in [1.29, 1.82) is 0 Å². The van der Waals surface area contributed by atoms with E-state index in [9.17, 15) is 20.1 Å². The number of hydrogen-bond donors (Lipinski definition) is 5. The van der Waals surface area contributed by atoms with Gasteiger partial charge in [0.25, 0.3) is 0 Å². The van der Waals surface area contributed by atoms with Gasteiger partial charge in [-0.15, -0.1) is 0 Å². The second-order valence-electron chi connectivity index (χ2n) is 6.00. The number of carboxylic acids is 1. The molecule has 0 heterocycles. The molecule has 1 rings (SSSR count). The van der Waals surface area contributed by atoms with E-state index in [1.807, 2.05) is 0 Å². The summed E-state index contributed by atoms with van der Waals surface area (Å²) >= 11 is 0. The summed E-state index contributed by atoms with van der Waals surface area (Å²) in [4.78, 5) is 11.2. The Kier molecular flexibility index (Phi) is 8.29. The van der Waals surface area contributed by atoms with Crippen molar-refractivity contribution in [3.8, 4) is 11.5 Å². The van der Waals surface area contributed by atoms with Crippen molar-refractivity contribution < 1.29 is 30.3 Å². The highest BCUT2D eigenvalue weighted by Gasteiger charge is 2.15. The van der Waals surface area contributed by atoms with Crippen molar-refractivity contribution in [1.82, 2.24) is 0 Å². The predicted octanol–water partition coefficient (Wildman–Crippen LogP) is 2.89. The molecule has 0 unspecified atom stereocenters. The number of carbonyl (C=O) groups is 1. The predicted molar refractivity (Wildman–Crippen MR) is 91.2 cm³/mol. The molecule has 0 radical (unpaired) electrons. The zero-order valence-corrected chi connectivity index (χ0v) is 13.9. The third-order valence-corrected chi connectivity index (χ3v) is 3.71. The molecule has 0 aromatic heterocycles. The summed E-state index contributed by atoms with van der Waals surface area (Å²) < 4.78 is 0. The lowest BCUT2D eigenvalue weighted by atomic mass is 10.0. The number of aliphatic hydroxyl groups is 2. The van der Waals surface area contributed by atoms with Crippen LogP contribution in [0.4, 0.5) is 0 Å². The number of benzene rings is 1. The first-order valence-corrected chi connectivity index (χ1v) is 8.13. The van der Waals surface area contributed by atoms with E-state index in [0.717, 1.165) is 18.9 Å². The van der Waals surface area contributed by atoms with Crippen molar-refractivity contribution in [2.24, 2.45) is 0 Å². The molecule has 1 aromatic carbocycles. The van der Waals surface area contributed by atoms with Crippen LogP contribution in [0.2, 0.25) is 0 Å². The Bertz CT molecular complexity index is 565. The molecule has 6 heteroatoms. The first-order chi connectivity index (χ1) is 11.3. The number of carboxylic acid groups (broad SMARTS) is 1. The second kappa shape index (κ2) is 9.95. The number of unbranched alkanes of at least 4 members (excludes halogenated alkanes) is 1. The number of aromatic hydroxyl groups is 2. The number of rotatable bonds is 10. The number of aliphatic hydroxyl groups excluding tert-OH is 2. The van der Waals surface area contributed by atoms with E-state index in [1.165, 1.54) is 6.07 Å². The van der Waals surface area contributed by atoms with Crippen LogP contribution in [0.3, 0.4) is 0 Å². The van der Waals surface area contributed by atoms with Crippen LogP contribution in [0.5, 0.6) is 11.5 Å².